The van der Waals surface area contributed by atoms with Gasteiger partial charge in [0.1, 0.15) is 17.6 Å². The normalized spacial score (nSPS) is 30.5. The summed E-state index contributed by atoms with van der Waals surface area (Å²) in [5.74, 6) is 4.64. The molecule has 0 spiro atoms. The lowest BCUT2D eigenvalue weighted by molar-refractivity contribution is -0.172. The van der Waals surface area contributed by atoms with E-state index in [1.54, 1.807) is 23.9 Å². The summed E-state index contributed by atoms with van der Waals surface area (Å²) in [6, 6.07) is 0. The van der Waals surface area contributed by atoms with Crippen LogP contribution in [0.2, 0.25) is 0 Å². The number of nitrogens with zero attached hydrogens (tertiary/aromatic N) is 4. The van der Waals surface area contributed by atoms with Gasteiger partial charge in [0.25, 0.3) is 5.91 Å². The molecule has 0 saturated heterocycles. The number of hydroxylamine groups is 1. The van der Waals surface area contributed by atoms with Crippen LogP contribution in [-0.4, -0.2) is 55.4 Å². The molecule has 2 amide bonds. The highest BCUT2D eigenvalue weighted by atomic mass is 16.7. The van der Waals surface area contributed by atoms with Crippen LogP contribution in [0.25, 0.3) is 11.2 Å². The number of anilines is 1. The minimum atomic E-state index is -0.590. The number of aromatic nitrogens is 4. The average molecular weight is 658 g/mol. The molecule has 13 heteroatoms. The lowest BCUT2D eigenvalue weighted by atomic mass is 9.44. The number of rotatable bonds is 7. The lowest BCUT2D eigenvalue weighted by Crippen LogP contribution is -2.56. The first-order valence-electron chi connectivity index (χ1n) is 16.8. The van der Waals surface area contributed by atoms with Gasteiger partial charge in [0.15, 0.2) is 17.2 Å². The van der Waals surface area contributed by atoms with E-state index in [4.69, 9.17) is 10.6 Å². The third-order valence-electron chi connectivity index (χ3n) is 11.8. The number of allylic oxidation sites excluding steroid dienone is 1. The zero-order chi connectivity index (χ0) is 34.2. The number of carbonyl (C=O) groups excluding carboxylic acids is 5. The molecule has 7 atom stereocenters. The fraction of sp³-hybridized carbons (Fsp3) is 0.600. The molecule has 6 rings (SSSR count). The number of nitrogens with one attached hydrogen (secondary N) is 2. The molecule has 0 unspecified atom stereocenters. The fourth-order valence-corrected chi connectivity index (χ4v) is 9.38. The third kappa shape index (κ3) is 6.08. The van der Waals surface area contributed by atoms with Gasteiger partial charge in [-0.2, -0.15) is 5.48 Å². The molecule has 0 aromatic carbocycles. The van der Waals surface area contributed by atoms with Crippen LogP contribution in [0, 0.1) is 52.3 Å². The van der Waals surface area contributed by atoms with Crippen LogP contribution < -0.4 is 16.5 Å². The highest BCUT2D eigenvalue weighted by Crippen LogP contribution is 2.68. The van der Waals surface area contributed by atoms with Crippen molar-refractivity contribution in [3.8, 4) is 11.8 Å². The van der Waals surface area contributed by atoms with E-state index < -0.39 is 17.8 Å². The summed E-state index contributed by atoms with van der Waals surface area (Å²) in [5.41, 5.74) is 9.75. The molecule has 48 heavy (non-hydrogen) atoms. The first-order valence-corrected chi connectivity index (χ1v) is 16.8. The summed E-state index contributed by atoms with van der Waals surface area (Å²) in [6.07, 6.45) is 9.51. The Morgan fingerprint density at radius 2 is 1.83 bits per heavy atom. The standard InChI is InChI=1S/C35H43N7O6/c1-20(43)24-6-7-25-29-23(17-21-16-22(44)10-12-34(21,2)26(29)11-13-35(24,25)3)33(47)48-41-28(46)9-8-27(45)37-14-4-5-15-42-19-40-30-31(36)38-18-39-32(30)42/h16,18-19,23-26,29H,6-15,17H2,1-3H3,(H,37,45)(H,41,46)(H2,36,38,39)/t23-,24-,25+,26+,29+,34+,35-/m1/s1. The Morgan fingerprint density at radius 3 is 2.62 bits per heavy atom. The van der Waals surface area contributed by atoms with E-state index in [9.17, 15) is 24.0 Å². The number of fused-ring (bicyclic) bond motifs is 6. The predicted octanol–water partition coefficient (Wildman–Crippen LogP) is 2.85. The topological polar surface area (TPSA) is 188 Å². The summed E-state index contributed by atoms with van der Waals surface area (Å²) >= 11 is 0. The second-order valence-corrected chi connectivity index (χ2v) is 14.3. The predicted molar refractivity (Wildman–Crippen MR) is 174 cm³/mol. The summed E-state index contributed by atoms with van der Waals surface area (Å²) in [5, 5.41) is 2.65. The summed E-state index contributed by atoms with van der Waals surface area (Å²) in [4.78, 5) is 81.4. The van der Waals surface area contributed by atoms with E-state index in [1.165, 1.54) is 6.33 Å². The summed E-state index contributed by atoms with van der Waals surface area (Å²) < 4.78 is 1.72. The molecule has 4 aliphatic rings. The Kier molecular flexibility index (Phi) is 9.11. The molecule has 4 aliphatic carbocycles. The van der Waals surface area contributed by atoms with Crippen molar-refractivity contribution >= 4 is 46.3 Å². The lowest BCUT2D eigenvalue weighted by Gasteiger charge is -2.59. The Morgan fingerprint density at radius 1 is 1.04 bits per heavy atom. The number of hydrogen-bond donors (Lipinski definition) is 3. The first kappa shape index (κ1) is 33.3. The maximum Gasteiger partial charge on any atom is 0.335 e. The van der Waals surface area contributed by atoms with Gasteiger partial charge >= 0.3 is 5.97 Å². The smallest absolute Gasteiger partial charge is 0.335 e. The number of Topliss-reactive ketones (excluding diaryl/α,β-unsaturated/α-hetero) is 1. The number of nitrogen functional groups attached to an aromatic ring is 1. The number of hydrogen-bond acceptors (Lipinski definition) is 10. The molecule has 2 aromatic rings. The summed E-state index contributed by atoms with van der Waals surface area (Å²) in [6.45, 7) is 6.50. The largest absolute Gasteiger partial charge is 0.382 e. The van der Waals surface area contributed by atoms with Crippen molar-refractivity contribution in [3.05, 3.63) is 24.3 Å². The molecule has 3 fully saturated rings. The minimum absolute atomic E-state index is 0.0151. The zero-order valence-electron chi connectivity index (χ0n) is 27.7. The van der Waals surface area contributed by atoms with Crippen LogP contribution in [0.4, 0.5) is 5.82 Å². The molecule has 3 saturated carbocycles. The molecule has 254 valence electrons. The highest BCUT2D eigenvalue weighted by molar-refractivity contribution is 5.92. The number of imidazole rings is 1. The molecule has 13 nitrogen and oxygen atoms in total. The second kappa shape index (κ2) is 13.1. The second-order valence-electron chi connectivity index (χ2n) is 14.3. The van der Waals surface area contributed by atoms with Gasteiger partial charge in [-0.3, -0.25) is 19.2 Å². The van der Waals surface area contributed by atoms with E-state index in [-0.39, 0.29) is 77.2 Å². The van der Waals surface area contributed by atoms with Crippen LogP contribution in [0.3, 0.4) is 0 Å². The molecule has 0 radical (unpaired) electrons. The molecule has 2 heterocycles. The molecule has 4 N–H and O–H groups in total. The average Bonchev–Trinajstić information content (AvgIpc) is 3.64. The molecule has 2 aromatic heterocycles. The van der Waals surface area contributed by atoms with Crippen LogP contribution >= 0.6 is 0 Å². The van der Waals surface area contributed by atoms with Gasteiger partial charge in [-0.1, -0.05) is 31.3 Å². The van der Waals surface area contributed by atoms with Crippen molar-refractivity contribution in [2.24, 2.45) is 40.4 Å². The van der Waals surface area contributed by atoms with Crippen molar-refractivity contribution < 1.29 is 28.8 Å². The maximum atomic E-state index is 13.7. The van der Waals surface area contributed by atoms with Crippen molar-refractivity contribution in [1.82, 2.24) is 30.3 Å². The molecule has 0 aliphatic heterocycles. The van der Waals surface area contributed by atoms with Gasteiger partial charge in [0, 0.05) is 25.2 Å². The molecular formula is C35H43N7O6. The fourth-order valence-electron chi connectivity index (χ4n) is 9.38. The van der Waals surface area contributed by atoms with Crippen molar-refractivity contribution in [1.29, 1.82) is 0 Å². The van der Waals surface area contributed by atoms with E-state index in [0.29, 0.717) is 30.6 Å². The number of nitrogens with two attached hydrogens (primary N) is 1. The first-order chi connectivity index (χ1) is 22.9. The van der Waals surface area contributed by atoms with E-state index in [1.807, 2.05) is 0 Å². The van der Waals surface area contributed by atoms with Gasteiger partial charge in [0.05, 0.1) is 25.3 Å². The van der Waals surface area contributed by atoms with Gasteiger partial charge < -0.3 is 20.5 Å². The SMILES string of the molecule is CC(=O)[C@H]1CC[C@H]2[C@@H]3[C@H](C(=O)ONC(=O)CCC(=O)NCC#CCn4cnc5c(N)ncnc54)CC4=CC(=O)CC[C@]4(C)[C@H]3CC[C@]12C. The van der Waals surface area contributed by atoms with Crippen molar-refractivity contribution in [2.45, 2.75) is 85.1 Å². The van der Waals surface area contributed by atoms with Crippen LogP contribution in [0.15, 0.2) is 24.3 Å². The van der Waals surface area contributed by atoms with Crippen LogP contribution in [0.5, 0.6) is 0 Å². The third-order valence-corrected chi connectivity index (χ3v) is 11.8. The molecular weight excluding hydrogens is 614 g/mol. The number of carbonyl (C=O) groups is 5. The Hall–Kier alpha value is -4.60. The summed E-state index contributed by atoms with van der Waals surface area (Å²) in [7, 11) is 0. The van der Waals surface area contributed by atoms with Crippen molar-refractivity contribution in [2.75, 3.05) is 12.3 Å². The number of amides is 2. The van der Waals surface area contributed by atoms with Gasteiger partial charge in [0.2, 0.25) is 5.91 Å². The quantitative estimate of drug-likeness (QED) is 0.295. The Labute approximate surface area is 279 Å². The van der Waals surface area contributed by atoms with E-state index >= 15 is 0 Å². The van der Waals surface area contributed by atoms with E-state index in [0.717, 1.165) is 37.7 Å². The number of ketones is 2. The Bertz CT molecular complexity index is 1760. The van der Waals surface area contributed by atoms with Gasteiger partial charge in [-0.15, -0.1) is 0 Å². The maximum absolute atomic E-state index is 13.7. The monoisotopic (exact) mass is 657 g/mol. The minimum Gasteiger partial charge on any atom is -0.382 e. The molecule has 0 bridgehead atoms. The van der Waals surface area contributed by atoms with E-state index in [2.05, 4.69) is 51.4 Å². The zero-order valence-corrected chi connectivity index (χ0v) is 27.7. The van der Waals surface area contributed by atoms with Crippen molar-refractivity contribution in [3.63, 3.8) is 0 Å². The van der Waals surface area contributed by atoms with Gasteiger partial charge in [-0.05, 0) is 80.1 Å². The van der Waals surface area contributed by atoms with Crippen LogP contribution in [0.1, 0.15) is 78.6 Å². The Balaban J connectivity index is 1.02. The highest BCUT2D eigenvalue weighted by Gasteiger charge is 2.63. The van der Waals surface area contributed by atoms with Crippen LogP contribution in [-0.2, 0) is 35.4 Å². The van der Waals surface area contributed by atoms with Gasteiger partial charge in [-0.25, -0.2) is 19.7 Å².